The summed E-state index contributed by atoms with van der Waals surface area (Å²) in [6, 6.07) is 9.02. The smallest absolute Gasteiger partial charge is 0.254 e. The molecule has 20 heavy (non-hydrogen) atoms. The van der Waals surface area contributed by atoms with Gasteiger partial charge in [0.05, 0.1) is 5.56 Å². The lowest BCUT2D eigenvalue weighted by atomic mass is 10.1. The maximum atomic E-state index is 13.8. The molecule has 0 atom stereocenters. The van der Waals surface area contributed by atoms with Crippen molar-refractivity contribution in [3.05, 3.63) is 59.0 Å². The molecule has 0 saturated carbocycles. The number of benzene rings is 1. The molecular formula is C14H15FN4O. The Morgan fingerprint density at radius 3 is 2.65 bits per heavy atom. The highest BCUT2D eigenvalue weighted by atomic mass is 19.1. The molecule has 2 rings (SSSR count). The second-order valence-electron chi connectivity index (χ2n) is 4.33. The third kappa shape index (κ3) is 3.10. The molecule has 1 heterocycles. The molecule has 0 spiro atoms. The first kappa shape index (κ1) is 14.0. The molecule has 0 aliphatic rings. The number of carbonyl (C=O) groups excluding carboxylic acids is 1. The Labute approximate surface area is 116 Å². The molecule has 1 aromatic carbocycles. The van der Waals surface area contributed by atoms with Crippen molar-refractivity contribution >= 4 is 11.7 Å². The summed E-state index contributed by atoms with van der Waals surface area (Å²) >= 11 is 0. The summed E-state index contributed by atoms with van der Waals surface area (Å²) in [5.41, 5.74) is 4.09. The maximum Gasteiger partial charge on any atom is 0.254 e. The van der Waals surface area contributed by atoms with Crippen LogP contribution in [0.2, 0.25) is 0 Å². The molecule has 0 bridgehead atoms. The van der Waals surface area contributed by atoms with Crippen molar-refractivity contribution in [2.75, 3.05) is 5.43 Å². The van der Waals surface area contributed by atoms with E-state index >= 15 is 0 Å². The Morgan fingerprint density at radius 1 is 1.30 bits per heavy atom. The number of hydrogen-bond donors (Lipinski definition) is 3. The topological polar surface area (TPSA) is 80.0 Å². The van der Waals surface area contributed by atoms with Crippen LogP contribution in [0, 0.1) is 12.7 Å². The van der Waals surface area contributed by atoms with Crippen LogP contribution < -0.4 is 16.6 Å². The zero-order valence-corrected chi connectivity index (χ0v) is 11.0. The molecule has 2 aromatic rings. The fraction of sp³-hybridized carbons (Fsp3) is 0.143. The number of aromatic nitrogens is 1. The Hall–Kier alpha value is -2.47. The third-order valence-electron chi connectivity index (χ3n) is 2.84. The zero-order chi connectivity index (χ0) is 14.5. The van der Waals surface area contributed by atoms with Gasteiger partial charge in [-0.3, -0.25) is 4.79 Å². The number of nitrogen functional groups attached to an aromatic ring is 1. The summed E-state index contributed by atoms with van der Waals surface area (Å²) in [6.07, 6.45) is 1.32. The molecule has 0 aliphatic heterocycles. The van der Waals surface area contributed by atoms with Crippen LogP contribution in [0.1, 0.15) is 21.5 Å². The van der Waals surface area contributed by atoms with Crippen molar-refractivity contribution in [3.8, 4) is 0 Å². The first-order chi connectivity index (χ1) is 9.61. The monoisotopic (exact) mass is 274 g/mol. The lowest BCUT2D eigenvalue weighted by Crippen LogP contribution is -2.24. The summed E-state index contributed by atoms with van der Waals surface area (Å²) in [7, 11) is 0. The number of nitrogens with one attached hydrogen (secondary N) is 2. The molecule has 5 nitrogen and oxygen atoms in total. The van der Waals surface area contributed by atoms with E-state index in [1.807, 2.05) is 31.2 Å². The molecule has 6 heteroatoms. The maximum absolute atomic E-state index is 13.8. The van der Waals surface area contributed by atoms with Crippen LogP contribution >= 0.6 is 0 Å². The van der Waals surface area contributed by atoms with E-state index in [0.717, 1.165) is 11.1 Å². The van der Waals surface area contributed by atoms with Gasteiger partial charge in [0.15, 0.2) is 11.6 Å². The summed E-state index contributed by atoms with van der Waals surface area (Å²) in [4.78, 5) is 15.6. The number of nitrogens with two attached hydrogens (primary N) is 1. The van der Waals surface area contributed by atoms with Gasteiger partial charge in [-0.25, -0.2) is 15.2 Å². The number of nitrogens with zero attached hydrogens (tertiary/aromatic N) is 1. The highest BCUT2D eigenvalue weighted by Gasteiger charge is 2.15. The summed E-state index contributed by atoms with van der Waals surface area (Å²) in [5, 5.41) is 2.65. The van der Waals surface area contributed by atoms with Crippen LogP contribution in [-0.2, 0) is 6.54 Å². The fourth-order valence-corrected chi connectivity index (χ4v) is 1.70. The van der Waals surface area contributed by atoms with E-state index in [1.54, 1.807) is 0 Å². The van der Waals surface area contributed by atoms with Crippen LogP contribution in [-0.4, -0.2) is 10.9 Å². The van der Waals surface area contributed by atoms with Crippen molar-refractivity contribution in [1.82, 2.24) is 10.3 Å². The van der Waals surface area contributed by atoms with Crippen molar-refractivity contribution in [3.63, 3.8) is 0 Å². The van der Waals surface area contributed by atoms with Gasteiger partial charge in [0.2, 0.25) is 0 Å². The number of aryl methyl sites for hydroxylation is 1. The zero-order valence-electron chi connectivity index (χ0n) is 11.0. The number of carbonyl (C=O) groups is 1. The third-order valence-corrected chi connectivity index (χ3v) is 2.84. The summed E-state index contributed by atoms with van der Waals surface area (Å²) in [5.74, 6) is 3.68. The number of pyridine rings is 1. The van der Waals surface area contributed by atoms with Gasteiger partial charge in [0, 0.05) is 12.7 Å². The highest BCUT2D eigenvalue weighted by molar-refractivity contribution is 5.95. The van der Waals surface area contributed by atoms with Crippen molar-refractivity contribution in [2.45, 2.75) is 13.5 Å². The number of anilines is 1. The molecule has 1 aromatic heterocycles. The summed E-state index contributed by atoms with van der Waals surface area (Å²) < 4.78 is 13.8. The van der Waals surface area contributed by atoms with Crippen LogP contribution in [0.3, 0.4) is 0 Å². The average molecular weight is 274 g/mol. The van der Waals surface area contributed by atoms with Gasteiger partial charge in [-0.15, -0.1) is 0 Å². The fourth-order valence-electron chi connectivity index (χ4n) is 1.70. The van der Waals surface area contributed by atoms with Gasteiger partial charge in [-0.1, -0.05) is 29.8 Å². The van der Waals surface area contributed by atoms with E-state index in [1.165, 1.54) is 12.3 Å². The van der Waals surface area contributed by atoms with Gasteiger partial charge < -0.3 is 10.7 Å². The van der Waals surface area contributed by atoms with E-state index in [9.17, 15) is 9.18 Å². The average Bonchev–Trinajstić information content (AvgIpc) is 2.46. The molecular weight excluding hydrogens is 259 g/mol. The first-order valence-electron chi connectivity index (χ1n) is 6.06. The Bertz CT molecular complexity index is 613. The van der Waals surface area contributed by atoms with Gasteiger partial charge in [0.25, 0.3) is 5.91 Å². The molecule has 104 valence electrons. The molecule has 0 aliphatic carbocycles. The second-order valence-corrected chi connectivity index (χ2v) is 4.33. The van der Waals surface area contributed by atoms with E-state index in [2.05, 4.69) is 15.7 Å². The van der Waals surface area contributed by atoms with Gasteiger partial charge in [0.1, 0.15) is 0 Å². The molecule has 0 saturated heterocycles. The lowest BCUT2D eigenvalue weighted by molar-refractivity contribution is 0.0947. The number of amides is 1. The largest absolute Gasteiger partial charge is 0.348 e. The first-order valence-corrected chi connectivity index (χ1v) is 6.06. The minimum absolute atomic E-state index is 0.0972. The van der Waals surface area contributed by atoms with E-state index in [0.29, 0.717) is 6.54 Å². The van der Waals surface area contributed by atoms with E-state index < -0.39 is 11.7 Å². The predicted octanol–water partition coefficient (Wildman–Crippen LogP) is 1.74. The highest BCUT2D eigenvalue weighted by Crippen LogP contribution is 2.14. The van der Waals surface area contributed by atoms with E-state index in [-0.39, 0.29) is 11.4 Å². The van der Waals surface area contributed by atoms with Gasteiger partial charge in [-0.05, 0) is 18.6 Å². The number of halogens is 1. The molecule has 4 N–H and O–H groups in total. The van der Waals surface area contributed by atoms with Crippen molar-refractivity contribution in [2.24, 2.45) is 5.84 Å². The normalized spacial score (nSPS) is 10.2. The Balaban J connectivity index is 2.07. The van der Waals surface area contributed by atoms with Gasteiger partial charge >= 0.3 is 0 Å². The number of hydrogen-bond acceptors (Lipinski definition) is 4. The molecule has 0 fully saturated rings. The number of rotatable bonds is 4. The van der Waals surface area contributed by atoms with E-state index in [4.69, 9.17) is 5.84 Å². The second kappa shape index (κ2) is 6.12. The van der Waals surface area contributed by atoms with Crippen LogP contribution in [0.25, 0.3) is 0 Å². The van der Waals surface area contributed by atoms with Crippen molar-refractivity contribution < 1.29 is 9.18 Å². The Kier molecular flexibility index (Phi) is 4.27. The molecule has 0 radical (unpaired) electrons. The molecule has 1 amide bonds. The summed E-state index contributed by atoms with van der Waals surface area (Å²) in [6.45, 7) is 2.31. The van der Waals surface area contributed by atoms with Crippen molar-refractivity contribution in [1.29, 1.82) is 0 Å². The minimum atomic E-state index is -0.767. The van der Waals surface area contributed by atoms with Crippen LogP contribution in [0.15, 0.2) is 36.5 Å². The predicted molar refractivity (Wildman–Crippen MR) is 74.4 cm³/mol. The minimum Gasteiger partial charge on any atom is -0.348 e. The van der Waals surface area contributed by atoms with Crippen LogP contribution in [0.4, 0.5) is 10.2 Å². The SMILES string of the molecule is Cc1ccc(CNC(=O)c2ccnc(NN)c2F)cc1. The lowest BCUT2D eigenvalue weighted by Gasteiger charge is -2.08. The number of hydrazine groups is 1. The molecule has 0 unspecified atom stereocenters. The Morgan fingerprint density at radius 2 is 2.00 bits per heavy atom. The van der Waals surface area contributed by atoms with Gasteiger partial charge in [-0.2, -0.15) is 0 Å². The standard InChI is InChI=1S/C14H15FN4O/c1-9-2-4-10(5-3-9)8-18-14(20)11-6-7-17-13(19-16)12(11)15/h2-7H,8,16H2,1H3,(H,17,19)(H,18,20). The quantitative estimate of drug-likeness (QED) is 0.586. The van der Waals surface area contributed by atoms with Crippen LogP contribution in [0.5, 0.6) is 0 Å².